The number of hydrogen-bond acceptors (Lipinski definition) is 1. The summed E-state index contributed by atoms with van der Waals surface area (Å²) in [7, 11) is 1.48. The molecule has 0 saturated heterocycles. The van der Waals surface area contributed by atoms with Crippen LogP contribution in [0.25, 0.3) is 0 Å². The molecule has 1 aromatic carbocycles. The summed E-state index contributed by atoms with van der Waals surface area (Å²) in [5.74, 6) is 0. The van der Waals surface area contributed by atoms with Gasteiger partial charge in [0, 0.05) is 5.56 Å². The predicted molar refractivity (Wildman–Crippen MR) is 59.9 cm³/mol. The van der Waals surface area contributed by atoms with Crippen LogP contribution in [0, 0.1) is 5.21 Å². The van der Waals surface area contributed by atoms with Crippen molar-refractivity contribution in [1.82, 2.24) is 0 Å². The molecule has 0 spiro atoms. The highest BCUT2D eigenvalue weighted by molar-refractivity contribution is 5.75. The lowest BCUT2D eigenvalue weighted by Crippen LogP contribution is -2.10. The third kappa shape index (κ3) is 2.87. The Bertz CT molecular complexity index is 326. The van der Waals surface area contributed by atoms with Gasteiger partial charge in [-0.25, -0.2) is 4.74 Å². The summed E-state index contributed by atoms with van der Waals surface area (Å²) in [6.45, 7) is 6.52. The van der Waals surface area contributed by atoms with Crippen molar-refractivity contribution >= 4 is 6.21 Å². The molecule has 2 heteroatoms. The van der Waals surface area contributed by atoms with E-state index in [-0.39, 0.29) is 5.41 Å². The van der Waals surface area contributed by atoms with Crippen molar-refractivity contribution in [3.63, 3.8) is 0 Å². The van der Waals surface area contributed by atoms with Crippen molar-refractivity contribution in [2.24, 2.45) is 0 Å². The minimum absolute atomic E-state index is 0.169. The summed E-state index contributed by atoms with van der Waals surface area (Å²) < 4.78 is 0.812. The molecular formula is C12H17NO. The van der Waals surface area contributed by atoms with Crippen molar-refractivity contribution in [1.29, 1.82) is 0 Å². The van der Waals surface area contributed by atoms with Gasteiger partial charge in [0.2, 0.25) is 0 Å². The number of hydroxylamine groups is 1. The van der Waals surface area contributed by atoms with Crippen LogP contribution in [-0.4, -0.2) is 18.0 Å². The summed E-state index contributed by atoms with van der Waals surface area (Å²) in [6.07, 6.45) is 1.56. The van der Waals surface area contributed by atoms with Crippen LogP contribution in [0.15, 0.2) is 24.3 Å². The number of benzene rings is 1. The van der Waals surface area contributed by atoms with E-state index < -0.39 is 0 Å². The van der Waals surface area contributed by atoms with Crippen molar-refractivity contribution in [2.75, 3.05) is 7.05 Å². The molecule has 0 aliphatic heterocycles. The molecule has 0 unspecified atom stereocenters. The normalized spacial score (nSPS) is 13.0. The minimum atomic E-state index is 0.169. The van der Waals surface area contributed by atoms with Gasteiger partial charge in [-0.2, -0.15) is 0 Å². The first kappa shape index (κ1) is 10.8. The van der Waals surface area contributed by atoms with Gasteiger partial charge in [-0.05, 0) is 23.1 Å². The van der Waals surface area contributed by atoms with E-state index in [2.05, 4.69) is 32.9 Å². The maximum absolute atomic E-state index is 10.8. The second-order valence-electron chi connectivity index (χ2n) is 4.55. The van der Waals surface area contributed by atoms with Crippen LogP contribution in [-0.2, 0) is 5.41 Å². The van der Waals surface area contributed by atoms with Crippen molar-refractivity contribution in [3.8, 4) is 0 Å². The highest BCUT2D eigenvalue weighted by Gasteiger charge is 2.12. The van der Waals surface area contributed by atoms with Crippen LogP contribution in [0.5, 0.6) is 0 Å². The van der Waals surface area contributed by atoms with E-state index in [4.69, 9.17) is 0 Å². The highest BCUT2D eigenvalue weighted by atomic mass is 16.5. The maximum atomic E-state index is 10.8. The second-order valence-corrected chi connectivity index (χ2v) is 4.55. The van der Waals surface area contributed by atoms with Gasteiger partial charge in [-0.3, -0.25) is 0 Å². The van der Waals surface area contributed by atoms with Crippen LogP contribution >= 0.6 is 0 Å². The topological polar surface area (TPSA) is 26.1 Å². The molecule has 1 rings (SSSR count). The molecule has 14 heavy (non-hydrogen) atoms. The van der Waals surface area contributed by atoms with E-state index in [1.54, 1.807) is 6.21 Å². The summed E-state index contributed by atoms with van der Waals surface area (Å²) in [5.41, 5.74) is 2.39. The quantitative estimate of drug-likeness (QED) is 0.290. The third-order valence-corrected chi connectivity index (χ3v) is 2.11. The van der Waals surface area contributed by atoms with Crippen LogP contribution in [0.4, 0.5) is 0 Å². The summed E-state index contributed by atoms with van der Waals surface area (Å²) in [5, 5.41) is 10.8. The summed E-state index contributed by atoms with van der Waals surface area (Å²) in [4.78, 5) is 0. The van der Waals surface area contributed by atoms with Crippen molar-refractivity contribution in [3.05, 3.63) is 40.6 Å². The molecule has 76 valence electrons. The predicted octanol–water partition coefficient (Wildman–Crippen LogP) is 2.54. The van der Waals surface area contributed by atoms with Crippen LogP contribution in [0.2, 0.25) is 0 Å². The molecule has 0 fully saturated rings. The van der Waals surface area contributed by atoms with Gasteiger partial charge in [-0.15, -0.1) is 0 Å². The molecule has 1 aromatic rings. The van der Waals surface area contributed by atoms with Gasteiger partial charge in [0.15, 0.2) is 6.21 Å². The smallest absolute Gasteiger partial charge is 0.181 e. The second kappa shape index (κ2) is 3.82. The fourth-order valence-corrected chi connectivity index (χ4v) is 1.28. The van der Waals surface area contributed by atoms with Gasteiger partial charge < -0.3 is 5.21 Å². The molecule has 0 N–H and O–H groups in total. The minimum Gasteiger partial charge on any atom is -0.624 e. The molecule has 0 aliphatic carbocycles. The molecule has 0 atom stereocenters. The van der Waals surface area contributed by atoms with E-state index >= 15 is 0 Å². The van der Waals surface area contributed by atoms with Gasteiger partial charge in [0.1, 0.15) is 7.05 Å². The van der Waals surface area contributed by atoms with Gasteiger partial charge >= 0.3 is 0 Å². The van der Waals surface area contributed by atoms with E-state index in [1.807, 2.05) is 12.1 Å². The van der Waals surface area contributed by atoms with Crippen molar-refractivity contribution < 1.29 is 4.74 Å². The fourth-order valence-electron chi connectivity index (χ4n) is 1.28. The summed E-state index contributed by atoms with van der Waals surface area (Å²) in [6, 6.07) is 8.06. The van der Waals surface area contributed by atoms with Crippen LogP contribution in [0.1, 0.15) is 31.9 Å². The zero-order valence-corrected chi connectivity index (χ0v) is 9.24. The zero-order valence-electron chi connectivity index (χ0n) is 9.24. The Morgan fingerprint density at radius 2 is 1.64 bits per heavy atom. The molecule has 0 saturated carbocycles. The molecule has 0 aliphatic rings. The molecule has 0 radical (unpaired) electrons. The van der Waals surface area contributed by atoms with Gasteiger partial charge in [0.25, 0.3) is 0 Å². The largest absolute Gasteiger partial charge is 0.624 e. The Hall–Kier alpha value is -1.31. The molecular weight excluding hydrogens is 174 g/mol. The Kier molecular flexibility index (Phi) is 2.94. The average molecular weight is 191 g/mol. The van der Waals surface area contributed by atoms with E-state index in [0.29, 0.717) is 0 Å². The van der Waals surface area contributed by atoms with Crippen molar-refractivity contribution in [2.45, 2.75) is 26.2 Å². The lowest BCUT2D eigenvalue weighted by molar-refractivity contribution is -0.416. The number of hydrogen-bond donors (Lipinski definition) is 0. The SMILES string of the molecule is C[N+]([O-])=Cc1ccc(C(C)(C)C)cc1. The Morgan fingerprint density at radius 3 is 2.00 bits per heavy atom. The lowest BCUT2D eigenvalue weighted by Gasteiger charge is -2.18. The van der Waals surface area contributed by atoms with Crippen LogP contribution in [0.3, 0.4) is 0 Å². The standard InChI is InChI=1S/C12H17NO/c1-12(2,3)11-7-5-10(6-8-11)9-13(4)14/h5-9H,1-4H3. The molecule has 0 bridgehead atoms. The molecule has 0 amide bonds. The number of rotatable bonds is 1. The zero-order chi connectivity index (χ0) is 10.8. The molecule has 0 heterocycles. The third-order valence-electron chi connectivity index (χ3n) is 2.11. The lowest BCUT2D eigenvalue weighted by atomic mass is 9.87. The van der Waals surface area contributed by atoms with Gasteiger partial charge in [0.05, 0.1) is 0 Å². The Labute approximate surface area is 85.5 Å². The van der Waals surface area contributed by atoms with E-state index in [1.165, 1.54) is 12.6 Å². The molecule has 2 nitrogen and oxygen atoms in total. The van der Waals surface area contributed by atoms with E-state index in [9.17, 15) is 5.21 Å². The average Bonchev–Trinajstić information content (AvgIpc) is 2.02. The maximum Gasteiger partial charge on any atom is 0.181 e. The summed E-state index contributed by atoms with van der Waals surface area (Å²) >= 11 is 0. The first-order valence-electron chi connectivity index (χ1n) is 4.75. The number of nitrogens with zero attached hydrogens (tertiary/aromatic N) is 1. The van der Waals surface area contributed by atoms with Gasteiger partial charge in [-0.1, -0.05) is 32.9 Å². The monoisotopic (exact) mass is 191 g/mol. The first-order chi connectivity index (χ1) is 6.39. The van der Waals surface area contributed by atoms with Crippen LogP contribution < -0.4 is 0 Å². The van der Waals surface area contributed by atoms with E-state index in [0.717, 1.165) is 10.3 Å². The first-order valence-corrected chi connectivity index (χ1v) is 4.75. The Morgan fingerprint density at radius 1 is 1.14 bits per heavy atom. The fraction of sp³-hybridized carbons (Fsp3) is 0.417. The molecule has 0 aromatic heterocycles. The highest BCUT2D eigenvalue weighted by Crippen LogP contribution is 2.21. The Balaban J connectivity index is 2.95.